The number of carbonyl (C=O) groups is 1. The number of hydrogen-bond donors (Lipinski definition) is 1. The van der Waals surface area contributed by atoms with Gasteiger partial charge in [0.15, 0.2) is 0 Å². The number of amides is 1. The van der Waals surface area contributed by atoms with Crippen molar-refractivity contribution in [1.82, 2.24) is 4.90 Å². The maximum absolute atomic E-state index is 12.6. The molecule has 0 heterocycles. The molecule has 112 valence electrons. The van der Waals surface area contributed by atoms with E-state index >= 15 is 0 Å². The van der Waals surface area contributed by atoms with Gasteiger partial charge in [0, 0.05) is 45.2 Å². The van der Waals surface area contributed by atoms with Crippen molar-refractivity contribution in [3.63, 3.8) is 0 Å². The van der Waals surface area contributed by atoms with Crippen molar-refractivity contribution in [3.05, 3.63) is 23.8 Å². The second-order valence-corrected chi connectivity index (χ2v) is 4.75. The van der Waals surface area contributed by atoms with Crippen molar-refractivity contribution in [1.29, 1.82) is 0 Å². The zero-order chi connectivity index (χ0) is 15.1. The number of nitrogens with two attached hydrogens (primary N) is 1. The highest BCUT2D eigenvalue weighted by atomic mass is 16.5. The van der Waals surface area contributed by atoms with Gasteiger partial charge in [-0.15, -0.1) is 0 Å². The van der Waals surface area contributed by atoms with Gasteiger partial charge in [0.25, 0.3) is 5.91 Å². The summed E-state index contributed by atoms with van der Waals surface area (Å²) in [5, 5.41) is 0. The largest absolute Gasteiger partial charge is 0.399 e. The number of anilines is 2. The predicted molar refractivity (Wildman–Crippen MR) is 83.3 cm³/mol. The fourth-order valence-electron chi connectivity index (χ4n) is 2.01. The van der Waals surface area contributed by atoms with Crippen molar-refractivity contribution in [3.8, 4) is 0 Å². The van der Waals surface area contributed by atoms with E-state index in [1.165, 1.54) is 0 Å². The smallest absolute Gasteiger partial charge is 0.256 e. The van der Waals surface area contributed by atoms with Gasteiger partial charge in [0.2, 0.25) is 0 Å². The highest BCUT2D eigenvalue weighted by molar-refractivity contribution is 6.00. The molecule has 0 saturated heterocycles. The van der Waals surface area contributed by atoms with E-state index in [0.717, 1.165) is 5.69 Å². The summed E-state index contributed by atoms with van der Waals surface area (Å²) in [4.78, 5) is 16.3. The summed E-state index contributed by atoms with van der Waals surface area (Å²) < 4.78 is 5.32. The minimum atomic E-state index is -0.0109. The quantitative estimate of drug-likeness (QED) is 0.611. The molecule has 0 spiro atoms. The van der Waals surface area contributed by atoms with Crippen LogP contribution < -0.4 is 10.6 Å². The Morgan fingerprint density at radius 1 is 1.30 bits per heavy atom. The standard InChI is InChI=1S/C15H25N3O2/c1-5-18(9-10-20-6-2)15(19)13-11-12(16)7-8-14(13)17(3)4/h7-8,11H,5-6,9-10,16H2,1-4H3. The van der Waals surface area contributed by atoms with E-state index in [-0.39, 0.29) is 5.91 Å². The maximum Gasteiger partial charge on any atom is 0.256 e. The number of nitrogens with zero attached hydrogens (tertiary/aromatic N) is 2. The molecule has 5 nitrogen and oxygen atoms in total. The predicted octanol–water partition coefficient (Wildman–Crippen LogP) is 1.83. The highest BCUT2D eigenvalue weighted by Crippen LogP contribution is 2.23. The number of ether oxygens (including phenoxy) is 1. The van der Waals surface area contributed by atoms with Gasteiger partial charge in [-0.05, 0) is 32.0 Å². The van der Waals surface area contributed by atoms with Crippen LogP contribution in [0.1, 0.15) is 24.2 Å². The zero-order valence-electron chi connectivity index (χ0n) is 12.8. The molecule has 5 heteroatoms. The van der Waals surface area contributed by atoms with Gasteiger partial charge in [-0.2, -0.15) is 0 Å². The van der Waals surface area contributed by atoms with Crippen LogP contribution in [0.15, 0.2) is 18.2 Å². The number of rotatable bonds is 7. The minimum Gasteiger partial charge on any atom is -0.399 e. The molecular formula is C15H25N3O2. The lowest BCUT2D eigenvalue weighted by Crippen LogP contribution is -2.34. The van der Waals surface area contributed by atoms with Gasteiger partial charge in [-0.25, -0.2) is 0 Å². The zero-order valence-corrected chi connectivity index (χ0v) is 12.8. The van der Waals surface area contributed by atoms with Crippen molar-refractivity contribution in [2.75, 3.05) is 51.0 Å². The molecule has 0 aromatic heterocycles. The first-order chi connectivity index (χ1) is 9.51. The SMILES string of the molecule is CCOCCN(CC)C(=O)c1cc(N)ccc1N(C)C. The monoisotopic (exact) mass is 279 g/mol. The molecule has 0 atom stereocenters. The Kier molecular flexibility index (Phi) is 6.31. The van der Waals surface area contributed by atoms with E-state index in [1.807, 2.05) is 45.0 Å². The molecule has 2 N–H and O–H groups in total. The third-order valence-corrected chi connectivity index (χ3v) is 3.11. The summed E-state index contributed by atoms with van der Waals surface area (Å²) in [6.07, 6.45) is 0. The van der Waals surface area contributed by atoms with Crippen LogP contribution in [-0.4, -0.2) is 51.2 Å². The Hall–Kier alpha value is -1.75. The average Bonchev–Trinajstić information content (AvgIpc) is 2.42. The van der Waals surface area contributed by atoms with Crippen LogP contribution in [0.25, 0.3) is 0 Å². The van der Waals surface area contributed by atoms with Gasteiger partial charge in [-0.3, -0.25) is 4.79 Å². The van der Waals surface area contributed by atoms with Gasteiger partial charge >= 0.3 is 0 Å². The second-order valence-electron chi connectivity index (χ2n) is 4.75. The molecule has 1 aromatic rings. The Morgan fingerprint density at radius 2 is 2.00 bits per heavy atom. The molecule has 0 bridgehead atoms. The third-order valence-electron chi connectivity index (χ3n) is 3.11. The average molecular weight is 279 g/mol. The van der Waals surface area contributed by atoms with E-state index in [4.69, 9.17) is 10.5 Å². The Morgan fingerprint density at radius 3 is 2.55 bits per heavy atom. The van der Waals surface area contributed by atoms with E-state index in [9.17, 15) is 4.79 Å². The molecule has 0 unspecified atom stereocenters. The van der Waals surface area contributed by atoms with Gasteiger partial charge in [0.1, 0.15) is 0 Å². The fraction of sp³-hybridized carbons (Fsp3) is 0.533. The third kappa shape index (κ3) is 4.13. The van der Waals surface area contributed by atoms with Crippen LogP contribution >= 0.6 is 0 Å². The normalized spacial score (nSPS) is 10.4. The molecule has 0 aliphatic heterocycles. The first-order valence-corrected chi connectivity index (χ1v) is 6.95. The summed E-state index contributed by atoms with van der Waals surface area (Å²) in [7, 11) is 3.83. The summed E-state index contributed by atoms with van der Waals surface area (Å²) in [5.41, 5.74) is 7.92. The van der Waals surface area contributed by atoms with Crippen molar-refractivity contribution in [2.45, 2.75) is 13.8 Å². The Balaban J connectivity index is 2.96. The van der Waals surface area contributed by atoms with Gasteiger partial charge < -0.3 is 20.3 Å². The number of nitrogen functional groups attached to an aromatic ring is 1. The molecule has 1 aromatic carbocycles. The van der Waals surface area contributed by atoms with Crippen molar-refractivity contribution in [2.24, 2.45) is 0 Å². The summed E-state index contributed by atoms with van der Waals surface area (Å²) in [6.45, 7) is 6.35. The number of hydrogen-bond acceptors (Lipinski definition) is 4. The van der Waals surface area contributed by atoms with Crippen LogP contribution in [0.5, 0.6) is 0 Å². The van der Waals surface area contributed by atoms with E-state index in [2.05, 4.69) is 0 Å². The van der Waals surface area contributed by atoms with Gasteiger partial charge in [-0.1, -0.05) is 0 Å². The van der Waals surface area contributed by atoms with Crippen LogP contribution in [0.3, 0.4) is 0 Å². The van der Waals surface area contributed by atoms with E-state index in [1.54, 1.807) is 11.0 Å². The first-order valence-electron chi connectivity index (χ1n) is 6.95. The number of likely N-dealkylation sites (N-methyl/N-ethyl adjacent to an activating group) is 1. The van der Waals surface area contributed by atoms with Crippen LogP contribution in [0.4, 0.5) is 11.4 Å². The second kappa shape index (κ2) is 7.75. The summed E-state index contributed by atoms with van der Waals surface area (Å²) in [5.74, 6) is -0.0109. The Labute approximate surface area is 121 Å². The van der Waals surface area contributed by atoms with Crippen LogP contribution in [0.2, 0.25) is 0 Å². The minimum absolute atomic E-state index is 0.0109. The lowest BCUT2D eigenvalue weighted by atomic mass is 10.1. The summed E-state index contributed by atoms with van der Waals surface area (Å²) >= 11 is 0. The molecule has 0 aliphatic carbocycles. The maximum atomic E-state index is 12.6. The molecule has 0 radical (unpaired) electrons. The van der Waals surface area contributed by atoms with Crippen LogP contribution in [-0.2, 0) is 4.74 Å². The van der Waals surface area contributed by atoms with E-state index < -0.39 is 0 Å². The molecule has 0 saturated carbocycles. The lowest BCUT2D eigenvalue weighted by Gasteiger charge is -2.24. The molecule has 0 fully saturated rings. The molecule has 1 rings (SSSR count). The number of carbonyl (C=O) groups excluding carboxylic acids is 1. The van der Waals surface area contributed by atoms with Crippen molar-refractivity contribution < 1.29 is 9.53 Å². The van der Waals surface area contributed by atoms with Gasteiger partial charge in [0.05, 0.1) is 12.2 Å². The topological polar surface area (TPSA) is 58.8 Å². The van der Waals surface area contributed by atoms with E-state index in [0.29, 0.717) is 37.6 Å². The van der Waals surface area contributed by atoms with Crippen LogP contribution in [0, 0.1) is 0 Å². The Bertz CT molecular complexity index is 447. The lowest BCUT2D eigenvalue weighted by molar-refractivity contribution is 0.0670. The number of benzene rings is 1. The molecule has 0 aliphatic rings. The molecular weight excluding hydrogens is 254 g/mol. The first kappa shape index (κ1) is 16.3. The highest BCUT2D eigenvalue weighted by Gasteiger charge is 2.18. The molecule has 1 amide bonds. The summed E-state index contributed by atoms with van der Waals surface area (Å²) in [6, 6.07) is 5.42. The molecule has 20 heavy (non-hydrogen) atoms. The fourth-order valence-corrected chi connectivity index (χ4v) is 2.01. The van der Waals surface area contributed by atoms with Crippen molar-refractivity contribution >= 4 is 17.3 Å².